The minimum absolute atomic E-state index is 0.0530. The Bertz CT molecular complexity index is 224. The van der Waals surface area contributed by atoms with Crippen molar-refractivity contribution in [3.63, 3.8) is 0 Å². The summed E-state index contributed by atoms with van der Waals surface area (Å²) in [5.74, 6) is 0.393. The van der Waals surface area contributed by atoms with Gasteiger partial charge in [-0.15, -0.1) is 0 Å². The highest BCUT2D eigenvalue weighted by Crippen LogP contribution is 2.32. The fourth-order valence-electron chi connectivity index (χ4n) is 3.05. The molecule has 0 amide bonds. The van der Waals surface area contributed by atoms with E-state index < -0.39 is 12.7 Å². The molecule has 94 valence electrons. The monoisotopic (exact) mass is 236 g/mol. The zero-order chi connectivity index (χ0) is 11.6. The standard InChI is InChI=1S/C11H19F3N2/c12-11(13,14)7-16-10-4-1-3-8(10)9-5-2-6-15-9/h8-10,15-16H,1-7H2. The van der Waals surface area contributed by atoms with Gasteiger partial charge in [0.15, 0.2) is 0 Å². The summed E-state index contributed by atoms with van der Waals surface area (Å²) < 4.78 is 36.4. The van der Waals surface area contributed by atoms with Gasteiger partial charge in [-0.1, -0.05) is 6.42 Å². The normalized spacial score (nSPS) is 35.8. The Labute approximate surface area is 94.0 Å². The molecule has 3 atom stereocenters. The van der Waals surface area contributed by atoms with Gasteiger partial charge in [0.25, 0.3) is 0 Å². The van der Waals surface area contributed by atoms with Crippen molar-refractivity contribution in [2.75, 3.05) is 13.1 Å². The quantitative estimate of drug-likeness (QED) is 0.783. The van der Waals surface area contributed by atoms with Gasteiger partial charge < -0.3 is 10.6 Å². The second-order valence-electron chi connectivity index (χ2n) is 4.90. The lowest BCUT2D eigenvalue weighted by molar-refractivity contribution is -0.126. The lowest BCUT2D eigenvalue weighted by atomic mass is 9.93. The molecule has 2 rings (SSSR count). The number of hydrogen-bond acceptors (Lipinski definition) is 2. The summed E-state index contributed by atoms with van der Waals surface area (Å²) in [7, 11) is 0. The number of halogens is 3. The van der Waals surface area contributed by atoms with E-state index >= 15 is 0 Å². The molecule has 1 heterocycles. The van der Waals surface area contributed by atoms with Gasteiger partial charge in [0.1, 0.15) is 0 Å². The summed E-state index contributed by atoms with van der Waals surface area (Å²) in [6.45, 7) is 0.175. The average molecular weight is 236 g/mol. The first kappa shape index (κ1) is 12.2. The molecular weight excluding hydrogens is 217 g/mol. The van der Waals surface area contributed by atoms with Gasteiger partial charge in [-0.2, -0.15) is 13.2 Å². The second kappa shape index (κ2) is 4.92. The van der Waals surface area contributed by atoms with Crippen LogP contribution in [0.4, 0.5) is 13.2 Å². The maximum Gasteiger partial charge on any atom is 0.401 e. The second-order valence-corrected chi connectivity index (χ2v) is 4.90. The van der Waals surface area contributed by atoms with Crippen molar-refractivity contribution in [3.8, 4) is 0 Å². The third-order valence-corrected chi connectivity index (χ3v) is 3.75. The minimum Gasteiger partial charge on any atom is -0.314 e. The summed E-state index contributed by atoms with van der Waals surface area (Å²) >= 11 is 0. The molecule has 2 nitrogen and oxygen atoms in total. The Morgan fingerprint density at radius 3 is 2.56 bits per heavy atom. The van der Waals surface area contributed by atoms with E-state index in [1.807, 2.05) is 0 Å². The van der Waals surface area contributed by atoms with E-state index in [9.17, 15) is 13.2 Å². The summed E-state index contributed by atoms with van der Waals surface area (Å²) in [4.78, 5) is 0. The van der Waals surface area contributed by atoms with Crippen molar-refractivity contribution in [1.82, 2.24) is 10.6 Å². The third kappa shape index (κ3) is 3.10. The van der Waals surface area contributed by atoms with E-state index in [1.54, 1.807) is 0 Å². The van der Waals surface area contributed by atoms with E-state index in [2.05, 4.69) is 10.6 Å². The predicted molar refractivity (Wildman–Crippen MR) is 56.2 cm³/mol. The first-order valence-corrected chi connectivity index (χ1v) is 6.10. The molecule has 2 fully saturated rings. The molecule has 0 bridgehead atoms. The smallest absolute Gasteiger partial charge is 0.314 e. The highest BCUT2D eigenvalue weighted by molar-refractivity contribution is 4.93. The van der Waals surface area contributed by atoms with Gasteiger partial charge in [-0.25, -0.2) is 0 Å². The molecule has 0 aromatic carbocycles. The van der Waals surface area contributed by atoms with Crippen LogP contribution in [0.5, 0.6) is 0 Å². The molecule has 1 aliphatic carbocycles. The van der Waals surface area contributed by atoms with E-state index in [0.29, 0.717) is 12.0 Å². The molecule has 1 saturated heterocycles. The summed E-state index contributed by atoms with van der Waals surface area (Å²) in [6, 6.07) is 0.491. The number of hydrogen-bond donors (Lipinski definition) is 2. The van der Waals surface area contributed by atoms with Crippen molar-refractivity contribution < 1.29 is 13.2 Å². The zero-order valence-electron chi connectivity index (χ0n) is 9.32. The van der Waals surface area contributed by atoms with Gasteiger partial charge in [0.05, 0.1) is 6.54 Å². The van der Waals surface area contributed by atoms with Gasteiger partial charge in [0.2, 0.25) is 0 Å². The summed E-state index contributed by atoms with van der Waals surface area (Å²) in [5, 5.41) is 6.09. The van der Waals surface area contributed by atoms with Crippen molar-refractivity contribution in [3.05, 3.63) is 0 Å². The molecule has 16 heavy (non-hydrogen) atoms. The summed E-state index contributed by atoms with van der Waals surface area (Å²) in [5.41, 5.74) is 0. The van der Waals surface area contributed by atoms with Crippen LogP contribution in [0, 0.1) is 5.92 Å². The maximum atomic E-state index is 12.1. The van der Waals surface area contributed by atoms with Crippen LogP contribution in [0.2, 0.25) is 0 Å². The van der Waals surface area contributed by atoms with Crippen LogP contribution in [0.25, 0.3) is 0 Å². The lowest BCUT2D eigenvalue weighted by Gasteiger charge is -2.27. The van der Waals surface area contributed by atoms with E-state index in [0.717, 1.165) is 38.6 Å². The predicted octanol–water partition coefficient (Wildman–Crippen LogP) is 2.06. The van der Waals surface area contributed by atoms with E-state index in [4.69, 9.17) is 0 Å². The minimum atomic E-state index is -4.09. The molecular formula is C11H19F3N2. The Kier molecular flexibility index (Phi) is 3.74. The fraction of sp³-hybridized carbons (Fsp3) is 1.00. The highest BCUT2D eigenvalue weighted by atomic mass is 19.4. The van der Waals surface area contributed by atoms with Crippen LogP contribution >= 0.6 is 0 Å². The largest absolute Gasteiger partial charge is 0.401 e. The van der Waals surface area contributed by atoms with Crippen molar-refractivity contribution >= 4 is 0 Å². The Morgan fingerprint density at radius 2 is 1.94 bits per heavy atom. The Hall–Kier alpha value is -0.290. The molecule has 1 aliphatic heterocycles. The molecule has 0 spiro atoms. The van der Waals surface area contributed by atoms with Crippen molar-refractivity contribution in [2.24, 2.45) is 5.92 Å². The maximum absolute atomic E-state index is 12.1. The molecule has 2 N–H and O–H groups in total. The fourth-order valence-corrected chi connectivity index (χ4v) is 3.05. The van der Waals surface area contributed by atoms with Gasteiger partial charge in [0, 0.05) is 12.1 Å². The highest BCUT2D eigenvalue weighted by Gasteiger charge is 2.37. The van der Waals surface area contributed by atoms with Crippen LogP contribution in [-0.2, 0) is 0 Å². The van der Waals surface area contributed by atoms with Crippen LogP contribution in [0.1, 0.15) is 32.1 Å². The number of nitrogens with one attached hydrogen (secondary N) is 2. The lowest BCUT2D eigenvalue weighted by Crippen LogP contribution is -2.45. The first-order chi connectivity index (χ1) is 7.56. The molecule has 5 heteroatoms. The van der Waals surface area contributed by atoms with Gasteiger partial charge >= 0.3 is 6.18 Å². The zero-order valence-corrected chi connectivity index (χ0v) is 9.32. The Balaban J connectivity index is 1.83. The van der Waals surface area contributed by atoms with E-state index in [-0.39, 0.29) is 6.04 Å². The average Bonchev–Trinajstić information content (AvgIpc) is 2.84. The van der Waals surface area contributed by atoms with E-state index in [1.165, 1.54) is 0 Å². The SMILES string of the molecule is FC(F)(F)CNC1CCCC1C1CCCN1. The number of alkyl halides is 3. The molecule has 2 aliphatic rings. The first-order valence-electron chi connectivity index (χ1n) is 6.10. The molecule has 0 radical (unpaired) electrons. The molecule has 1 saturated carbocycles. The Morgan fingerprint density at radius 1 is 1.12 bits per heavy atom. The van der Waals surface area contributed by atoms with Crippen LogP contribution in [0.3, 0.4) is 0 Å². The van der Waals surface area contributed by atoms with Crippen LogP contribution in [0.15, 0.2) is 0 Å². The van der Waals surface area contributed by atoms with Crippen LogP contribution in [-0.4, -0.2) is 31.3 Å². The van der Waals surface area contributed by atoms with Gasteiger partial charge in [-0.3, -0.25) is 0 Å². The molecule has 3 unspecified atom stereocenters. The van der Waals surface area contributed by atoms with Crippen LogP contribution < -0.4 is 10.6 Å². The van der Waals surface area contributed by atoms with Gasteiger partial charge in [-0.05, 0) is 38.1 Å². The molecule has 0 aromatic heterocycles. The third-order valence-electron chi connectivity index (χ3n) is 3.75. The summed E-state index contributed by atoms with van der Waals surface area (Å²) in [6.07, 6.45) is 1.20. The molecule has 0 aromatic rings. The van der Waals surface area contributed by atoms with Crippen molar-refractivity contribution in [1.29, 1.82) is 0 Å². The van der Waals surface area contributed by atoms with Crippen molar-refractivity contribution in [2.45, 2.75) is 50.4 Å². The topological polar surface area (TPSA) is 24.1 Å². The number of rotatable bonds is 3.